The van der Waals surface area contributed by atoms with Crippen molar-refractivity contribution in [1.29, 1.82) is 0 Å². The van der Waals surface area contributed by atoms with E-state index < -0.39 is 74.1 Å². The van der Waals surface area contributed by atoms with Crippen LogP contribution in [0.15, 0.2) is 72.8 Å². The quantitative estimate of drug-likeness (QED) is 0.125. The monoisotopic (exact) mass is 785 g/mol. The van der Waals surface area contributed by atoms with Gasteiger partial charge >= 0.3 is 0 Å². The summed E-state index contributed by atoms with van der Waals surface area (Å²) < 4.78 is 28.2. The predicted octanol–water partition coefficient (Wildman–Crippen LogP) is 2.81. The first-order valence-corrected chi connectivity index (χ1v) is 21.1. The van der Waals surface area contributed by atoms with E-state index >= 15 is 4.11 Å². The van der Waals surface area contributed by atoms with Crippen LogP contribution < -0.4 is 10.2 Å². The molecular weight excluding hydrogens is 741 g/mol. The van der Waals surface area contributed by atoms with Gasteiger partial charge in [0.1, 0.15) is 18.3 Å². The summed E-state index contributed by atoms with van der Waals surface area (Å²) in [5, 5.41) is 52.7. The summed E-state index contributed by atoms with van der Waals surface area (Å²) in [5.41, 5.74) is 0.182. The average molecular weight is 786 g/mol. The Morgan fingerprint density at radius 2 is 1.69 bits per heavy atom. The number of hydrogen-bond acceptors (Lipinski definition) is 10. The molecule has 2 fully saturated rings. The van der Waals surface area contributed by atoms with Crippen molar-refractivity contribution < 1.29 is 53.5 Å². The number of nitrogens with zero attached hydrogens (tertiary/aromatic N) is 2. The number of anilines is 2. The normalized spacial score (nSPS) is 29.4. The highest BCUT2D eigenvalue weighted by Crippen LogP contribution is 2.60. The second kappa shape index (κ2) is 15.8. The van der Waals surface area contributed by atoms with Crippen LogP contribution in [-0.4, -0.2) is 107 Å². The van der Waals surface area contributed by atoms with E-state index in [4.69, 9.17) is 21.1 Å². The van der Waals surface area contributed by atoms with Gasteiger partial charge in [-0.1, -0.05) is 61.0 Å². The topological polar surface area (TPSA) is 189 Å². The van der Waals surface area contributed by atoms with Crippen molar-refractivity contribution in [3.63, 3.8) is 0 Å². The highest BCUT2D eigenvalue weighted by Gasteiger charge is 2.67. The maximum Gasteiger partial charge on any atom is 0.264 e. The molecule has 6 N–H and O–H groups in total. The molecule has 0 radical (unpaired) electrons. The molecule has 54 heavy (non-hydrogen) atoms. The molecule has 2 saturated heterocycles. The first kappa shape index (κ1) is 39.9. The van der Waals surface area contributed by atoms with Crippen LogP contribution in [0.1, 0.15) is 30.0 Å². The summed E-state index contributed by atoms with van der Waals surface area (Å²) in [7, 11) is -3.62. The van der Waals surface area contributed by atoms with Crippen molar-refractivity contribution in [3.05, 3.63) is 94.5 Å². The molecule has 1 spiro atoms. The molecule has 16 heteroatoms. The maximum absolute atomic E-state index is 16.4. The van der Waals surface area contributed by atoms with Gasteiger partial charge in [0.05, 0.1) is 31.4 Å². The molecular formula is C38H45ClFN3O10Si. The SMILES string of the molecule is C[C@@H]1[C@@H]([Si](C)(C)F)[C@H](CC(=O)N(CCO)Cc2ccccc2)O[C@@]12C(=O)N(Cc1cccc(NC(=O)[C@H]3O[C@@H](O)[C@H](O)[C@@H](O)[C@@H]3O)c1)c1ccc(Cl)cc12. The van der Waals surface area contributed by atoms with Gasteiger partial charge in [0, 0.05) is 40.8 Å². The van der Waals surface area contributed by atoms with Crippen LogP contribution in [0.2, 0.25) is 23.7 Å². The van der Waals surface area contributed by atoms with E-state index in [1.807, 2.05) is 30.3 Å². The van der Waals surface area contributed by atoms with Gasteiger partial charge in [0.2, 0.25) is 14.3 Å². The number of carbonyl (C=O) groups is 3. The number of aliphatic hydroxyl groups is 5. The minimum atomic E-state index is -3.62. The van der Waals surface area contributed by atoms with Crippen molar-refractivity contribution >= 4 is 49.1 Å². The van der Waals surface area contributed by atoms with Gasteiger partial charge < -0.3 is 54.2 Å². The Morgan fingerprint density at radius 1 is 0.981 bits per heavy atom. The molecule has 13 nitrogen and oxygen atoms in total. The molecule has 3 aromatic carbocycles. The number of benzene rings is 3. The van der Waals surface area contributed by atoms with Crippen molar-refractivity contribution in [2.45, 2.75) is 87.5 Å². The third kappa shape index (κ3) is 7.57. The predicted molar refractivity (Wildman–Crippen MR) is 198 cm³/mol. The first-order valence-electron chi connectivity index (χ1n) is 17.8. The fourth-order valence-electron chi connectivity index (χ4n) is 8.12. The molecule has 6 rings (SSSR count). The van der Waals surface area contributed by atoms with E-state index in [9.17, 15) is 39.9 Å². The fraction of sp³-hybridized carbons (Fsp3) is 0.447. The summed E-state index contributed by atoms with van der Waals surface area (Å²) in [6.07, 6.45) is -10.2. The van der Waals surface area contributed by atoms with Gasteiger partial charge in [0.25, 0.3) is 11.8 Å². The van der Waals surface area contributed by atoms with Crippen molar-refractivity contribution in [1.82, 2.24) is 4.90 Å². The lowest BCUT2D eigenvalue weighted by molar-refractivity contribution is -0.274. The largest absolute Gasteiger partial charge is 0.395 e. The van der Waals surface area contributed by atoms with Gasteiger partial charge in [-0.2, -0.15) is 0 Å². The number of ether oxygens (including phenoxy) is 2. The van der Waals surface area contributed by atoms with Crippen LogP contribution in [0.5, 0.6) is 0 Å². The zero-order valence-corrected chi connectivity index (χ0v) is 31.8. The van der Waals surface area contributed by atoms with Crippen LogP contribution in [0.4, 0.5) is 15.5 Å². The van der Waals surface area contributed by atoms with Gasteiger partial charge in [-0.25, -0.2) is 0 Å². The van der Waals surface area contributed by atoms with Crippen molar-refractivity contribution in [2.24, 2.45) is 5.92 Å². The number of halogens is 2. The molecule has 3 aromatic rings. The Balaban J connectivity index is 1.27. The highest BCUT2D eigenvalue weighted by molar-refractivity contribution is 6.72. The molecule has 3 heterocycles. The average Bonchev–Trinajstić information content (AvgIpc) is 3.54. The standard InChI is InChI=1S/C38H45ClFN3O10Si/c1-21-34(54(2,3)40)28(18-29(45)42(14-15-44)19-22-8-5-4-6-9-22)53-38(21)26-17-24(39)12-13-27(26)43(37(38)51)20-23-10-7-11-25(16-23)41-35(49)33-31(47)30(46)32(48)36(50)52-33/h4-13,16-17,21,28,30-34,36,44,46-48,50H,14-15,18-20H2,1-3H3,(H,41,49)/t21-,28+,30+,31+,32-,33+,34-,36-,38+/m1/s1. The number of hydrogen-bond donors (Lipinski definition) is 6. The summed E-state index contributed by atoms with van der Waals surface area (Å²) in [6.45, 7) is 4.88. The minimum absolute atomic E-state index is 0.00670. The highest BCUT2D eigenvalue weighted by atomic mass is 35.5. The zero-order chi connectivity index (χ0) is 39.1. The molecule has 3 aliphatic rings. The summed E-state index contributed by atoms with van der Waals surface area (Å²) in [6, 6.07) is 20.8. The van der Waals surface area contributed by atoms with Crippen LogP contribution in [-0.2, 0) is 42.5 Å². The molecule has 0 unspecified atom stereocenters. The Hall–Kier alpha value is -3.77. The molecule has 290 valence electrons. The molecule has 3 aliphatic heterocycles. The second-order valence-corrected chi connectivity index (χ2v) is 18.9. The third-order valence-corrected chi connectivity index (χ3v) is 13.3. The van der Waals surface area contributed by atoms with Gasteiger partial charge in [-0.3, -0.25) is 14.4 Å². The summed E-state index contributed by atoms with van der Waals surface area (Å²) in [5.74, 6) is -2.39. The molecule has 0 saturated carbocycles. The smallest absolute Gasteiger partial charge is 0.264 e. The first-order chi connectivity index (χ1) is 25.6. The molecule has 0 bridgehead atoms. The zero-order valence-electron chi connectivity index (χ0n) is 30.0. The number of nitrogens with one attached hydrogen (secondary N) is 1. The van der Waals surface area contributed by atoms with Crippen molar-refractivity contribution in [3.8, 4) is 0 Å². The van der Waals surface area contributed by atoms with Gasteiger partial charge in [-0.15, -0.1) is 0 Å². The van der Waals surface area contributed by atoms with E-state index in [1.54, 1.807) is 62.5 Å². The number of carbonyl (C=O) groups excluding carboxylic acids is 3. The Morgan fingerprint density at radius 3 is 2.37 bits per heavy atom. The van der Waals surface area contributed by atoms with Crippen LogP contribution in [0.25, 0.3) is 0 Å². The lowest BCUT2D eigenvalue weighted by Crippen LogP contribution is -2.60. The number of rotatable bonds is 11. The van der Waals surface area contributed by atoms with E-state index in [0.29, 0.717) is 21.8 Å². The van der Waals surface area contributed by atoms with E-state index in [-0.39, 0.29) is 44.3 Å². The van der Waals surface area contributed by atoms with E-state index in [2.05, 4.69) is 5.32 Å². The summed E-state index contributed by atoms with van der Waals surface area (Å²) in [4.78, 5) is 44.7. The molecule has 0 aromatic heterocycles. The minimum Gasteiger partial charge on any atom is -0.395 e. The Labute approximate surface area is 318 Å². The van der Waals surface area contributed by atoms with E-state index in [0.717, 1.165) is 5.56 Å². The Kier molecular flexibility index (Phi) is 11.6. The number of fused-ring (bicyclic) bond motifs is 2. The van der Waals surface area contributed by atoms with Gasteiger partial charge in [0.15, 0.2) is 18.0 Å². The second-order valence-electron chi connectivity index (χ2n) is 14.7. The van der Waals surface area contributed by atoms with Crippen LogP contribution in [0.3, 0.4) is 0 Å². The molecule has 9 atom stereocenters. The van der Waals surface area contributed by atoms with Crippen molar-refractivity contribution in [2.75, 3.05) is 23.4 Å². The molecule has 0 aliphatic carbocycles. The summed E-state index contributed by atoms with van der Waals surface area (Å²) >= 11 is 6.51. The lowest BCUT2D eigenvalue weighted by atomic mass is 9.82. The third-order valence-electron chi connectivity index (χ3n) is 10.6. The Bertz CT molecular complexity index is 1870. The van der Waals surface area contributed by atoms with Crippen LogP contribution in [0, 0.1) is 5.92 Å². The van der Waals surface area contributed by atoms with Crippen LogP contribution >= 0.6 is 11.6 Å². The lowest BCUT2D eigenvalue weighted by Gasteiger charge is -2.37. The fourth-order valence-corrected chi connectivity index (χ4v) is 10.8. The van der Waals surface area contributed by atoms with Gasteiger partial charge in [-0.05, 0) is 54.6 Å². The molecule has 3 amide bonds. The number of aliphatic hydroxyl groups excluding tert-OH is 5. The van der Waals surface area contributed by atoms with E-state index in [1.165, 1.54) is 9.80 Å². The number of amides is 3. The maximum atomic E-state index is 16.4.